The third-order valence-electron chi connectivity index (χ3n) is 3.05. The van der Waals surface area contributed by atoms with E-state index in [1.54, 1.807) is 24.3 Å². The van der Waals surface area contributed by atoms with Crippen LogP contribution in [-0.2, 0) is 10.0 Å². The number of sulfonamides is 1. The van der Waals surface area contributed by atoms with Gasteiger partial charge in [0.25, 0.3) is 10.0 Å². The zero-order valence-electron chi connectivity index (χ0n) is 12.8. The number of rotatable bonds is 6. The lowest BCUT2D eigenvalue weighted by Gasteiger charge is -2.13. The normalized spacial score (nSPS) is 11.0. The number of aryl methyl sites for hydroxylation is 1. The average Bonchev–Trinajstić information content (AvgIpc) is 2.50. The standard InChI is InChI=1S/C16H19NO4S/c1-4-21-13-6-8-14(9-7-13)22(18,19)17-15-10-5-12(2)11-16(15)20-3/h5-11,17H,4H2,1-3H3. The molecule has 2 rings (SSSR count). The van der Waals surface area contributed by atoms with Gasteiger partial charge in [0, 0.05) is 0 Å². The van der Waals surface area contributed by atoms with Crippen molar-refractivity contribution in [2.24, 2.45) is 0 Å². The van der Waals surface area contributed by atoms with Crippen molar-refractivity contribution in [3.05, 3.63) is 48.0 Å². The van der Waals surface area contributed by atoms with E-state index in [0.717, 1.165) is 5.56 Å². The minimum absolute atomic E-state index is 0.165. The predicted molar refractivity (Wildman–Crippen MR) is 86.2 cm³/mol. The molecule has 0 fully saturated rings. The van der Waals surface area contributed by atoms with Gasteiger partial charge in [-0.2, -0.15) is 0 Å². The van der Waals surface area contributed by atoms with E-state index in [2.05, 4.69) is 4.72 Å². The third-order valence-corrected chi connectivity index (χ3v) is 4.43. The van der Waals surface area contributed by atoms with Gasteiger partial charge in [-0.05, 0) is 55.8 Å². The lowest BCUT2D eigenvalue weighted by atomic mass is 10.2. The summed E-state index contributed by atoms with van der Waals surface area (Å²) < 4.78 is 37.9. The first-order valence-electron chi connectivity index (χ1n) is 6.86. The van der Waals surface area contributed by atoms with Crippen molar-refractivity contribution in [3.63, 3.8) is 0 Å². The number of hydrogen-bond acceptors (Lipinski definition) is 4. The second-order valence-electron chi connectivity index (χ2n) is 4.71. The quantitative estimate of drug-likeness (QED) is 0.887. The van der Waals surface area contributed by atoms with Gasteiger partial charge in [0.2, 0.25) is 0 Å². The minimum atomic E-state index is -3.68. The summed E-state index contributed by atoms with van der Waals surface area (Å²) in [4.78, 5) is 0.165. The average molecular weight is 321 g/mol. The number of hydrogen-bond donors (Lipinski definition) is 1. The highest BCUT2D eigenvalue weighted by molar-refractivity contribution is 7.92. The molecule has 0 radical (unpaired) electrons. The summed E-state index contributed by atoms with van der Waals surface area (Å²) in [6.45, 7) is 4.31. The van der Waals surface area contributed by atoms with E-state index >= 15 is 0 Å². The molecule has 2 aromatic rings. The van der Waals surface area contributed by atoms with Gasteiger partial charge in [-0.25, -0.2) is 8.42 Å². The van der Waals surface area contributed by atoms with Gasteiger partial charge in [-0.15, -0.1) is 0 Å². The minimum Gasteiger partial charge on any atom is -0.495 e. The molecule has 0 spiro atoms. The highest BCUT2D eigenvalue weighted by atomic mass is 32.2. The van der Waals surface area contributed by atoms with E-state index in [1.165, 1.54) is 19.2 Å². The molecule has 0 saturated carbocycles. The number of nitrogens with one attached hydrogen (secondary N) is 1. The molecule has 0 aliphatic heterocycles. The van der Waals surface area contributed by atoms with Crippen LogP contribution < -0.4 is 14.2 Å². The Morgan fingerprint density at radius 3 is 2.36 bits per heavy atom. The zero-order valence-corrected chi connectivity index (χ0v) is 13.6. The van der Waals surface area contributed by atoms with Crippen molar-refractivity contribution in [1.82, 2.24) is 0 Å². The molecule has 0 heterocycles. The molecule has 5 nitrogen and oxygen atoms in total. The second-order valence-corrected chi connectivity index (χ2v) is 6.40. The van der Waals surface area contributed by atoms with Gasteiger partial charge in [0.05, 0.1) is 24.3 Å². The molecule has 22 heavy (non-hydrogen) atoms. The first-order valence-corrected chi connectivity index (χ1v) is 8.35. The van der Waals surface area contributed by atoms with Crippen LogP contribution in [0.25, 0.3) is 0 Å². The van der Waals surface area contributed by atoms with Crippen molar-refractivity contribution in [2.45, 2.75) is 18.7 Å². The van der Waals surface area contributed by atoms with Gasteiger partial charge in [0.1, 0.15) is 11.5 Å². The summed E-state index contributed by atoms with van der Waals surface area (Å²) >= 11 is 0. The Morgan fingerprint density at radius 1 is 1.09 bits per heavy atom. The number of benzene rings is 2. The Bertz CT molecular complexity index is 739. The summed E-state index contributed by atoms with van der Waals surface area (Å²) in [5.74, 6) is 1.11. The van der Waals surface area contributed by atoms with Crippen molar-refractivity contribution < 1.29 is 17.9 Å². The maximum Gasteiger partial charge on any atom is 0.262 e. The lowest BCUT2D eigenvalue weighted by Crippen LogP contribution is -2.13. The maximum absolute atomic E-state index is 12.4. The van der Waals surface area contributed by atoms with Crippen LogP contribution in [-0.4, -0.2) is 22.1 Å². The zero-order chi connectivity index (χ0) is 16.2. The first kappa shape index (κ1) is 16.2. The SMILES string of the molecule is CCOc1ccc(S(=O)(=O)Nc2ccc(C)cc2OC)cc1. The Morgan fingerprint density at radius 2 is 1.77 bits per heavy atom. The summed E-state index contributed by atoms with van der Waals surface area (Å²) in [6.07, 6.45) is 0. The van der Waals surface area contributed by atoms with E-state index in [4.69, 9.17) is 9.47 Å². The molecule has 6 heteroatoms. The Balaban J connectivity index is 2.27. The largest absolute Gasteiger partial charge is 0.495 e. The monoisotopic (exact) mass is 321 g/mol. The Hall–Kier alpha value is -2.21. The fraction of sp³-hybridized carbons (Fsp3) is 0.250. The molecular formula is C16H19NO4S. The topological polar surface area (TPSA) is 64.6 Å². The van der Waals surface area contributed by atoms with E-state index in [1.807, 2.05) is 19.9 Å². The number of methoxy groups -OCH3 is 1. The van der Waals surface area contributed by atoms with Crippen LogP contribution in [0.5, 0.6) is 11.5 Å². The molecule has 0 atom stereocenters. The molecule has 0 amide bonds. The maximum atomic E-state index is 12.4. The lowest BCUT2D eigenvalue weighted by molar-refractivity contribution is 0.340. The van der Waals surface area contributed by atoms with Crippen LogP contribution in [0.1, 0.15) is 12.5 Å². The van der Waals surface area contributed by atoms with Gasteiger partial charge in [-0.1, -0.05) is 6.07 Å². The second kappa shape index (κ2) is 6.70. The molecule has 0 aromatic heterocycles. The Kier molecular flexibility index (Phi) is 4.92. The molecule has 118 valence electrons. The van der Waals surface area contributed by atoms with Crippen molar-refractivity contribution in [3.8, 4) is 11.5 Å². The summed E-state index contributed by atoms with van der Waals surface area (Å²) in [5, 5.41) is 0. The van der Waals surface area contributed by atoms with Crippen LogP contribution in [0.2, 0.25) is 0 Å². The fourth-order valence-corrected chi connectivity index (χ4v) is 3.04. The molecule has 2 aromatic carbocycles. The predicted octanol–water partition coefficient (Wildman–Crippen LogP) is 3.20. The molecule has 0 aliphatic carbocycles. The first-order chi connectivity index (χ1) is 10.5. The van der Waals surface area contributed by atoms with Crippen molar-refractivity contribution in [1.29, 1.82) is 0 Å². The Labute approximate surface area is 130 Å². The number of anilines is 1. The van der Waals surface area contributed by atoms with Crippen LogP contribution in [0.3, 0.4) is 0 Å². The fourth-order valence-electron chi connectivity index (χ4n) is 1.97. The molecule has 0 saturated heterocycles. The van der Waals surface area contributed by atoms with Gasteiger partial charge in [-0.3, -0.25) is 4.72 Å². The van der Waals surface area contributed by atoms with Gasteiger partial charge in [0.15, 0.2) is 0 Å². The summed E-state index contributed by atoms with van der Waals surface area (Å²) in [6, 6.07) is 11.5. The van der Waals surface area contributed by atoms with Crippen LogP contribution in [0.15, 0.2) is 47.4 Å². The van der Waals surface area contributed by atoms with E-state index < -0.39 is 10.0 Å². The highest BCUT2D eigenvalue weighted by Crippen LogP contribution is 2.28. The van der Waals surface area contributed by atoms with Crippen molar-refractivity contribution >= 4 is 15.7 Å². The van der Waals surface area contributed by atoms with Crippen LogP contribution in [0.4, 0.5) is 5.69 Å². The number of ether oxygens (including phenoxy) is 2. The smallest absolute Gasteiger partial charge is 0.262 e. The van der Waals surface area contributed by atoms with E-state index in [9.17, 15) is 8.42 Å². The molecule has 0 bridgehead atoms. The third kappa shape index (κ3) is 3.71. The molecule has 0 unspecified atom stereocenters. The summed E-state index contributed by atoms with van der Waals surface area (Å²) in [5.41, 5.74) is 1.39. The van der Waals surface area contributed by atoms with Gasteiger partial charge >= 0.3 is 0 Å². The van der Waals surface area contributed by atoms with Gasteiger partial charge < -0.3 is 9.47 Å². The highest BCUT2D eigenvalue weighted by Gasteiger charge is 2.16. The molecule has 1 N–H and O–H groups in total. The van der Waals surface area contributed by atoms with Crippen LogP contribution in [0, 0.1) is 6.92 Å². The van der Waals surface area contributed by atoms with E-state index in [-0.39, 0.29) is 4.90 Å². The van der Waals surface area contributed by atoms with E-state index in [0.29, 0.717) is 23.8 Å². The van der Waals surface area contributed by atoms with Crippen molar-refractivity contribution in [2.75, 3.05) is 18.4 Å². The molecule has 0 aliphatic rings. The molecular weight excluding hydrogens is 302 g/mol. The van der Waals surface area contributed by atoms with Crippen LogP contribution >= 0.6 is 0 Å². The summed E-state index contributed by atoms with van der Waals surface area (Å²) in [7, 11) is -2.17.